The molecular formula is C11H8ClF3N4. The molecule has 0 aliphatic heterocycles. The SMILES string of the molecule is CNc1ncc(Cl)c(Nc2cc(F)c(F)c(F)c2)n1. The Labute approximate surface area is 111 Å². The number of nitrogens with one attached hydrogen (secondary N) is 2. The van der Waals surface area contributed by atoms with Gasteiger partial charge < -0.3 is 10.6 Å². The van der Waals surface area contributed by atoms with Crippen molar-refractivity contribution in [2.45, 2.75) is 0 Å². The number of anilines is 3. The highest BCUT2D eigenvalue weighted by Gasteiger charge is 2.12. The summed E-state index contributed by atoms with van der Waals surface area (Å²) in [6, 6.07) is 1.60. The summed E-state index contributed by atoms with van der Waals surface area (Å²) in [4.78, 5) is 7.81. The Morgan fingerprint density at radius 1 is 1.16 bits per heavy atom. The van der Waals surface area contributed by atoms with Crippen LogP contribution in [0.3, 0.4) is 0 Å². The fourth-order valence-corrected chi connectivity index (χ4v) is 1.48. The van der Waals surface area contributed by atoms with Gasteiger partial charge in [-0.1, -0.05) is 11.6 Å². The van der Waals surface area contributed by atoms with Crippen LogP contribution in [0, 0.1) is 17.5 Å². The standard InChI is InChI=1S/C11H8ClF3N4/c1-16-11-17-4-6(12)10(19-11)18-5-2-7(13)9(15)8(14)3-5/h2-4H,1H3,(H2,16,17,18,19). The Hall–Kier alpha value is -2.02. The third-order valence-corrected chi connectivity index (χ3v) is 2.49. The van der Waals surface area contributed by atoms with Gasteiger partial charge in [0.05, 0.1) is 6.20 Å². The largest absolute Gasteiger partial charge is 0.357 e. The summed E-state index contributed by atoms with van der Waals surface area (Å²) < 4.78 is 38.9. The second-order valence-corrected chi connectivity index (χ2v) is 3.93. The number of nitrogens with zero attached hydrogens (tertiary/aromatic N) is 2. The van der Waals surface area contributed by atoms with E-state index in [0.29, 0.717) is 0 Å². The van der Waals surface area contributed by atoms with E-state index in [4.69, 9.17) is 11.6 Å². The number of rotatable bonds is 3. The van der Waals surface area contributed by atoms with Crippen LogP contribution in [0.2, 0.25) is 5.02 Å². The number of hydrogen-bond acceptors (Lipinski definition) is 4. The Morgan fingerprint density at radius 2 is 1.79 bits per heavy atom. The molecular weight excluding hydrogens is 281 g/mol. The molecule has 0 unspecified atom stereocenters. The van der Waals surface area contributed by atoms with Crippen LogP contribution in [-0.4, -0.2) is 17.0 Å². The van der Waals surface area contributed by atoms with Crippen LogP contribution in [0.4, 0.5) is 30.6 Å². The first-order valence-electron chi connectivity index (χ1n) is 5.13. The van der Waals surface area contributed by atoms with E-state index in [9.17, 15) is 13.2 Å². The molecule has 2 N–H and O–H groups in total. The predicted octanol–water partition coefficient (Wildman–Crippen LogP) is 3.33. The van der Waals surface area contributed by atoms with Crippen LogP contribution in [0.25, 0.3) is 0 Å². The molecule has 0 amide bonds. The monoisotopic (exact) mass is 288 g/mol. The first-order chi connectivity index (χ1) is 9.01. The summed E-state index contributed by atoms with van der Waals surface area (Å²) >= 11 is 5.84. The fraction of sp³-hybridized carbons (Fsp3) is 0.0909. The Balaban J connectivity index is 2.36. The zero-order valence-corrected chi connectivity index (χ0v) is 10.4. The highest BCUT2D eigenvalue weighted by Crippen LogP contribution is 2.25. The van der Waals surface area contributed by atoms with Crippen LogP contribution in [0.5, 0.6) is 0 Å². The molecule has 1 heterocycles. The smallest absolute Gasteiger partial charge is 0.224 e. The average Bonchev–Trinajstić information content (AvgIpc) is 2.38. The maximum absolute atomic E-state index is 13.1. The summed E-state index contributed by atoms with van der Waals surface area (Å²) in [5, 5.41) is 5.43. The summed E-state index contributed by atoms with van der Waals surface area (Å²) in [7, 11) is 1.60. The number of benzene rings is 1. The topological polar surface area (TPSA) is 49.8 Å². The summed E-state index contributed by atoms with van der Waals surface area (Å²) in [5.41, 5.74) is -0.0148. The van der Waals surface area contributed by atoms with E-state index >= 15 is 0 Å². The molecule has 100 valence electrons. The molecule has 0 spiro atoms. The highest BCUT2D eigenvalue weighted by atomic mass is 35.5. The first-order valence-corrected chi connectivity index (χ1v) is 5.51. The lowest BCUT2D eigenvalue weighted by atomic mass is 10.3. The lowest BCUT2D eigenvalue weighted by Gasteiger charge is -2.09. The van der Waals surface area contributed by atoms with Gasteiger partial charge in [-0.25, -0.2) is 18.2 Å². The van der Waals surface area contributed by atoms with Crippen molar-refractivity contribution in [1.82, 2.24) is 9.97 Å². The zero-order chi connectivity index (χ0) is 14.0. The van der Waals surface area contributed by atoms with Gasteiger partial charge in [0.25, 0.3) is 0 Å². The van der Waals surface area contributed by atoms with E-state index in [0.717, 1.165) is 12.1 Å². The van der Waals surface area contributed by atoms with Gasteiger partial charge in [-0.2, -0.15) is 4.98 Å². The Morgan fingerprint density at radius 3 is 2.37 bits per heavy atom. The molecule has 4 nitrogen and oxygen atoms in total. The van der Waals surface area contributed by atoms with Gasteiger partial charge in [-0.3, -0.25) is 0 Å². The van der Waals surface area contributed by atoms with Gasteiger partial charge in [0.2, 0.25) is 5.95 Å². The van der Waals surface area contributed by atoms with E-state index in [-0.39, 0.29) is 22.5 Å². The molecule has 8 heteroatoms. The first kappa shape index (κ1) is 13.4. The minimum Gasteiger partial charge on any atom is -0.357 e. The molecule has 0 saturated heterocycles. The lowest BCUT2D eigenvalue weighted by molar-refractivity contribution is 0.448. The molecule has 2 aromatic rings. The summed E-state index contributed by atoms with van der Waals surface area (Å²) in [5.74, 6) is -3.72. The average molecular weight is 289 g/mol. The second-order valence-electron chi connectivity index (χ2n) is 3.52. The molecule has 1 aromatic heterocycles. The molecule has 0 aliphatic rings. The van der Waals surface area contributed by atoms with Gasteiger partial charge in [-0.15, -0.1) is 0 Å². The maximum atomic E-state index is 13.1. The van der Waals surface area contributed by atoms with Crippen molar-refractivity contribution in [3.63, 3.8) is 0 Å². The van der Waals surface area contributed by atoms with E-state index in [1.54, 1.807) is 7.05 Å². The van der Waals surface area contributed by atoms with Crippen molar-refractivity contribution < 1.29 is 13.2 Å². The van der Waals surface area contributed by atoms with Gasteiger partial charge in [0.1, 0.15) is 5.02 Å². The van der Waals surface area contributed by atoms with Crippen molar-refractivity contribution >= 4 is 29.1 Å². The van der Waals surface area contributed by atoms with Gasteiger partial charge in [0, 0.05) is 24.9 Å². The molecule has 0 saturated carbocycles. The number of hydrogen-bond donors (Lipinski definition) is 2. The Bertz CT molecular complexity index is 598. The van der Waals surface area contributed by atoms with Crippen molar-refractivity contribution in [2.75, 3.05) is 17.7 Å². The van der Waals surface area contributed by atoms with E-state index in [1.807, 2.05) is 0 Å². The quantitative estimate of drug-likeness (QED) is 0.851. The van der Waals surface area contributed by atoms with Crippen LogP contribution >= 0.6 is 11.6 Å². The molecule has 19 heavy (non-hydrogen) atoms. The maximum Gasteiger partial charge on any atom is 0.224 e. The third-order valence-electron chi connectivity index (χ3n) is 2.21. The predicted molar refractivity (Wildman–Crippen MR) is 66.2 cm³/mol. The van der Waals surface area contributed by atoms with E-state index in [2.05, 4.69) is 20.6 Å². The van der Waals surface area contributed by atoms with Gasteiger partial charge >= 0.3 is 0 Å². The molecule has 1 aromatic carbocycles. The number of aromatic nitrogens is 2. The summed E-state index contributed by atoms with van der Waals surface area (Å²) in [6.45, 7) is 0. The normalized spacial score (nSPS) is 10.4. The minimum atomic E-state index is -1.53. The highest BCUT2D eigenvalue weighted by molar-refractivity contribution is 6.32. The lowest BCUT2D eigenvalue weighted by Crippen LogP contribution is -2.02. The molecule has 0 bridgehead atoms. The minimum absolute atomic E-state index is 0.0148. The van der Waals surface area contributed by atoms with Crippen LogP contribution in [0.15, 0.2) is 18.3 Å². The second kappa shape index (κ2) is 5.31. The molecule has 0 atom stereocenters. The van der Waals surface area contributed by atoms with Crippen molar-refractivity contribution in [3.8, 4) is 0 Å². The molecule has 0 fully saturated rings. The third kappa shape index (κ3) is 2.87. The summed E-state index contributed by atoms with van der Waals surface area (Å²) in [6.07, 6.45) is 1.32. The van der Waals surface area contributed by atoms with Crippen LogP contribution in [-0.2, 0) is 0 Å². The molecule has 0 aliphatic carbocycles. The zero-order valence-electron chi connectivity index (χ0n) is 9.64. The van der Waals surface area contributed by atoms with Crippen LogP contribution in [0.1, 0.15) is 0 Å². The van der Waals surface area contributed by atoms with E-state index in [1.165, 1.54) is 6.20 Å². The number of halogens is 4. The van der Waals surface area contributed by atoms with Crippen molar-refractivity contribution in [2.24, 2.45) is 0 Å². The van der Waals surface area contributed by atoms with Gasteiger partial charge in [0.15, 0.2) is 23.3 Å². The van der Waals surface area contributed by atoms with Crippen LogP contribution < -0.4 is 10.6 Å². The fourth-order valence-electron chi connectivity index (χ4n) is 1.34. The van der Waals surface area contributed by atoms with Crippen molar-refractivity contribution in [3.05, 3.63) is 40.8 Å². The van der Waals surface area contributed by atoms with E-state index < -0.39 is 17.5 Å². The Kier molecular flexibility index (Phi) is 3.75. The molecule has 2 rings (SSSR count). The van der Waals surface area contributed by atoms with Gasteiger partial charge in [-0.05, 0) is 0 Å². The molecule has 0 radical (unpaired) electrons. The van der Waals surface area contributed by atoms with Crippen molar-refractivity contribution in [1.29, 1.82) is 0 Å².